The lowest BCUT2D eigenvalue weighted by atomic mass is 10.1. The molecule has 0 aliphatic rings. The van der Waals surface area contributed by atoms with Gasteiger partial charge >= 0.3 is 12.1 Å². The van der Waals surface area contributed by atoms with Crippen molar-refractivity contribution in [2.45, 2.75) is 12.2 Å². The number of aliphatic carboxylic acids is 1. The molecule has 1 unspecified atom stereocenters. The van der Waals surface area contributed by atoms with E-state index >= 15 is 0 Å². The summed E-state index contributed by atoms with van der Waals surface area (Å²) < 4.78 is 38.7. The van der Waals surface area contributed by atoms with Crippen molar-refractivity contribution in [1.29, 1.82) is 0 Å². The third-order valence-corrected chi connectivity index (χ3v) is 4.51. The van der Waals surface area contributed by atoms with Crippen LogP contribution in [0.4, 0.5) is 13.2 Å². The van der Waals surface area contributed by atoms with Gasteiger partial charge in [0.25, 0.3) is 11.4 Å². The molecule has 0 spiro atoms. The minimum absolute atomic E-state index is 0.138. The van der Waals surface area contributed by atoms with E-state index in [9.17, 15) is 18.0 Å². The summed E-state index contributed by atoms with van der Waals surface area (Å²) in [6.07, 6.45) is -5.08. The molecule has 0 saturated carbocycles. The highest BCUT2D eigenvalue weighted by atomic mass is 19.4. The van der Waals surface area contributed by atoms with Crippen LogP contribution in [0.5, 0.6) is 0 Å². The first kappa shape index (κ1) is 22.7. The van der Waals surface area contributed by atoms with Gasteiger partial charge in [-0.15, -0.1) is 0 Å². The third kappa shape index (κ3) is 4.83. The molecule has 0 fully saturated rings. The fourth-order valence-electron chi connectivity index (χ4n) is 2.87. The molecular weight excluding hydrogens is 429 g/mol. The van der Waals surface area contributed by atoms with E-state index in [1.54, 1.807) is 11.6 Å². The molecule has 3 N–H and O–H groups in total. The second kappa shape index (κ2) is 9.02. The van der Waals surface area contributed by atoms with Crippen LogP contribution in [-0.4, -0.2) is 32.0 Å². The molecule has 0 bridgehead atoms. The normalized spacial score (nSPS) is 12.2. The Morgan fingerprint density at radius 2 is 1.72 bits per heavy atom. The Balaban J connectivity index is 0.000000360. The molecule has 8 nitrogen and oxygen atoms in total. The van der Waals surface area contributed by atoms with Crippen LogP contribution in [0.15, 0.2) is 70.0 Å². The van der Waals surface area contributed by atoms with Crippen LogP contribution >= 0.6 is 0 Å². The Bertz CT molecular complexity index is 1300. The molecule has 2 aromatic heterocycles. The predicted molar refractivity (Wildman–Crippen MR) is 109 cm³/mol. The number of aromatic nitrogens is 3. The topological polar surface area (TPSA) is 124 Å². The summed E-state index contributed by atoms with van der Waals surface area (Å²) in [6, 6.07) is 18.2. The molecule has 0 radical (unpaired) electrons. The number of nitrogens with two attached hydrogens (primary N) is 1. The average Bonchev–Trinajstić information content (AvgIpc) is 3.26. The van der Waals surface area contributed by atoms with Crippen LogP contribution in [0, 0.1) is 0 Å². The van der Waals surface area contributed by atoms with Crippen LogP contribution in [0.3, 0.4) is 0 Å². The van der Waals surface area contributed by atoms with E-state index in [0.717, 1.165) is 16.5 Å². The van der Waals surface area contributed by atoms with Crippen LogP contribution in [0.25, 0.3) is 22.4 Å². The molecular formula is C21H17F3N4O4. The van der Waals surface area contributed by atoms with E-state index in [1.165, 1.54) is 6.07 Å². The summed E-state index contributed by atoms with van der Waals surface area (Å²) in [4.78, 5) is 25.6. The maximum absolute atomic E-state index is 12.2. The second-order valence-corrected chi connectivity index (χ2v) is 6.62. The summed E-state index contributed by atoms with van der Waals surface area (Å²) in [6.45, 7) is 0. The van der Waals surface area contributed by atoms with Gasteiger partial charge in [-0.1, -0.05) is 53.7 Å². The zero-order valence-electron chi connectivity index (χ0n) is 16.6. The maximum atomic E-state index is 12.2. The zero-order chi connectivity index (χ0) is 23.5. The highest BCUT2D eigenvalue weighted by Gasteiger charge is 2.38. The molecule has 4 rings (SSSR count). The number of halogens is 3. The van der Waals surface area contributed by atoms with Gasteiger partial charge in [0.05, 0.1) is 17.1 Å². The van der Waals surface area contributed by atoms with Gasteiger partial charge in [-0.2, -0.15) is 18.2 Å². The molecule has 11 heteroatoms. The van der Waals surface area contributed by atoms with Gasteiger partial charge < -0.3 is 19.9 Å². The first-order chi connectivity index (χ1) is 15.1. The van der Waals surface area contributed by atoms with Crippen molar-refractivity contribution in [1.82, 2.24) is 14.7 Å². The summed E-state index contributed by atoms with van der Waals surface area (Å²) in [5, 5.41) is 12.0. The Labute approximate surface area is 178 Å². The van der Waals surface area contributed by atoms with Gasteiger partial charge in [0.1, 0.15) is 0 Å². The highest BCUT2D eigenvalue weighted by Crippen LogP contribution is 2.27. The third-order valence-electron chi connectivity index (χ3n) is 4.51. The lowest BCUT2D eigenvalue weighted by Gasteiger charge is -2.07. The molecule has 1 atom stereocenters. The molecule has 0 saturated heterocycles. The van der Waals surface area contributed by atoms with Crippen molar-refractivity contribution in [2.24, 2.45) is 12.8 Å². The van der Waals surface area contributed by atoms with Crippen molar-refractivity contribution < 1.29 is 27.6 Å². The van der Waals surface area contributed by atoms with Crippen LogP contribution < -0.4 is 11.3 Å². The van der Waals surface area contributed by atoms with E-state index in [-0.39, 0.29) is 11.4 Å². The number of hydrogen-bond donors (Lipinski definition) is 2. The van der Waals surface area contributed by atoms with Gasteiger partial charge in [-0.05, 0) is 11.6 Å². The minimum Gasteiger partial charge on any atom is -0.475 e. The number of benzene rings is 2. The standard InChI is InChI=1S/C19H16N4O2.C2HF3O2/c1-23-15-10-6-5-9-13(15)14(11-16(23)24)19-21-18(22-25-19)17(20)12-7-3-2-4-8-12;3-2(4,5)1(6)7/h2-11,17H,20H2,1H3;(H,6,7). The molecule has 2 aromatic carbocycles. The number of carboxylic acids is 1. The Kier molecular flexibility index (Phi) is 6.40. The number of rotatable bonds is 3. The van der Waals surface area contributed by atoms with Crippen molar-refractivity contribution in [3.63, 3.8) is 0 Å². The van der Waals surface area contributed by atoms with Crippen LogP contribution in [0.2, 0.25) is 0 Å². The van der Waals surface area contributed by atoms with Crippen LogP contribution in [-0.2, 0) is 11.8 Å². The monoisotopic (exact) mass is 446 g/mol. The average molecular weight is 446 g/mol. The summed E-state index contributed by atoms with van der Waals surface area (Å²) in [5.74, 6) is -2.09. The first-order valence-corrected chi connectivity index (χ1v) is 9.13. The van der Waals surface area contributed by atoms with Crippen molar-refractivity contribution in [2.75, 3.05) is 0 Å². The van der Waals surface area contributed by atoms with Gasteiger partial charge in [-0.3, -0.25) is 4.79 Å². The number of aryl methyl sites for hydroxylation is 1. The molecule has 4 aromatic rings. The van der Waals surface area contributed by atoms with E-state index in [0.29, 0.717) is 11.4 Å². The van der Waals surface area contributed by atoms with E-state index in [1.807, 2.05) is 54.6 Å². The summed E-state index contributed by atoms with van der Waals surface area (Å²) in [5.41, 5.74) is 8.39. The number of alkyl halides is 3. The molecule has 166 valence electrons. The van der Waals surface area contributed by atoms with Crippen molar-refractivity contribution in [3.05, 3.63) is 82.4 Å². The fourth-order valence-corrected chi connectivity index (χ4v) is 2.87. The largest absolute Gasteiger partial charge is 0.490 e. The molecule has 0 amide bonds. The lowest BCUT2D eigenvalue weighted by Crippen LogP contribution is -2.21. The van der Waals surface area contributed by atoms with Gasteiger partial charge in [-0.25, -0.2) is 4.79 Å². The van der Waals surface area contributed by atoms with Gasteiger partial charge in [0.15, 0.2) is 5.82 Å². The quantitative estimate of drug-likeness (QED) is 0.495. The van der Waals surface area contributed by atoms with E-state index in [2.05, 4.69) is 10.1 Å². The molecule has 0 aliphatic carbocycles. The minimum atomic E-state index is -5.08. The lowest BCUT2D eigenvalue weighted by molar-refractivity contribution is -0.192. The number of fused-ring (bicyclic) bond motifs is 1. The van der Waals surface area contributed by atoms with Crippen molar-refractivity contribution in [3.8, 4) is 11.5 Å². The number of para-hydroxylation sites is 1. The SMILES string of the molecule is Cn1c(=O)cc(-c2nc(C(N)c3ccccc3)no2)c2ccccc21.O=C(O)C(F)(F)F. The number of carboxylic acid groups (broad SMARTS) is 1. The fraction of sp³-hybridized carbons (Fsp3) is 0.143. The highest BCUT2D eigenvalue weighted by molar-refractivity contribution is 5.92. The predicted octanol–water partition coefficient (Wildman–Crippen LogP) is 3.27. The smallest absolute Gasteiger partial charge is 0.475 e. The number of hydrogen-bond acceptors (Lipinski definition) is 6. The number of nitrogens with zero attached hydrogens (tertiary/aromatic N) is 3. The second-order valence-electron chi connectivity index (χ2n) is 6.62. The Hall–Kier alpha value is -3.99. The van der Waals surface area contributed by atoms with E-state index in [4.69, 9.17) is 20.2 Å². The van der Waals surface area contributed by atoms with Gasteiger partial charge in [0, 0.05) is 18.5 Å². The van der Waals surface area contributed by atoms with Crippen molar-refractivity contribution >= 4 is 16.9 Å². The molecule has 0 aliphatic heterocycles. The number of pyridine rings is 1. The molecule has 2 heterocycles. The summed E-state index contributed by atoms with van der Waals surface area (Å²) in [7, 11) is 1.74. The zero-order valence-corrected chi connectivity index (χ0v) is 16.6. The maximum Gasteiger partial charge on any atom is 0.490 e. The summed E-state index contributed by atoms with van der Waals surface area (Å²) >= 11 is 0. The van der Waals surface area contributed by atoms with Gasteiger partial charge in [0.2, 0.25) is 0 Å². The molecule has 32 heavy (non-hydrogen) atoms. The Morgan fingerprint density at radius 1 is 1.12 bits per heavy atom. The van der Waals surface area contributed by atoms with Crippen LogP contribution in [0.1, 0.15) is 17.4 Å². The Morgan fingerprint density at radius 3 is 2.34 bits per heavy atom. The number of carbonyl (C=O) groups is 1. The van der Waals surface area contributed by atoms with E-state index < -0.39 is 18.2 Å². The first-order valence-electron chi connectivity index (χ1n) is 9.13.